The highest BCUT2D eigenvalue weighted by molar-refractivity contribution is 5.13. The Balaban J connectivity index is 2.25. The smallest absolute Gasteiger partial charge is 0.155 e. The van der Waals surface area contributed by atoms with Gasteiger partial charge in [-0.1, -0.05) is 30.3 Å². The zero-order valence-electron chi connectivity index (χ0n) is 9.22. The quantitative estimate of drug-likeness (QED) is 0.729. The van der Waals surface area contributed by atoms with Crippen molar-refractivity contribution in [3.63, 3.8) is 0 Å². The Morgan fingerprint density at radius 1 is 1.20 bits per heavy atom. The predicted octanol–water partition coefficient (Wildman–Crippen LogP) is 1.95. The molecule has 0 aromatic heterocycles. The lowest BCUT2D eigenvalue weighted by atomic mass is 10.2. The van der Waals surface area contributed by atoms with Gasteiger partial charge < -0.3 is 14.6 Å². The summed E-state index contributed by atoms with van der Waals surface area (Å²) in [5.41, 5.74) is 1.12. The monoisotopic (exact) mass is 210 g/mol. The zero-order valence-corrected chi connectivity index (χ0v) is 9.22. The van der Waals surface area contributed by atoms with Gasteiger partial charge in [-0.3, -0.25) is 0 Å². The molecule has 0 saturated heterocycles. The van der Waals surface area contributed by atoms with Gasteiger partial charge in [-0.2, -0.15) is 0 Å². The minimum atomic E-state index is -0.299. The molecule has 0 spiro atoms. The fraction of sp³-hybridized carbons (Fsp3) is 0.500. The summed E-state index contributed by atoms with van der Waals surface area (Å²) in [4.78, 5) is 0. The highest BCUT2D eigenvalue weighted by Gasteiger charge is 2.07. The van der Waals surface area contributed by atoms with Crippen LogP contribution in [0.25, 0.3) is 0 Å². The second kappa shape index (κ2) is 6.56. The maximum Gasteiger partial charge on any atom is 0.155 e. The van der Waals surface area contributed by atoms with Crippen molar-refractivity contribution < 1.29 is 14.6 Å². The van der Waals surface area contributed by atoms with Gasteiger partial charge in [0.2, 0.25) is 0 Å². The molecule has 0 radical (unpaired) electrons. The molecule has 1 rings (SSSR count). The van der Waals surface area contributed by atoms with Crippen molar-refractivity contribution in [1.29, 1.82) is 0 Å². The molecule has 2 unspecified atom stereocenters. The van der Waals surface area contributed by atoms with Crippen LogP contribution in [0.4, 0.5) is 0 Å². The Morgan fingerprint density at radius 2 is 1.87 bits per heavy atom. The molecular weight excluding hydrogens is 192 g/mol. The number of aliphatic hydroxyl groups excluding tert-OH is 1. The Bertz CT molecular complexity index is 261. The molecular formula is C12H18O3. The fourth-order valence-corrected chi connectivity index (χ4v) is 1.20. The minimum absolute atomic E-state index is 0.0129. The van der Waals surface area contributed by atoms with Crippen LogP contribution in [0.5, 0.6) is 0 Å². The van der Waals surface area contributed by atoms with E-state index in [0.29, 0.717) is 6.61 Å². The normalized spacial score (nSPS) is 14.9. The molecule has 0 amide bonds. The Morgan fingerprint density at radius 3 is 2.47 bits per heavy atom. The van der Waals surface area contributed by atoms with Crippen LogP contribution in [-0.4, -0.2) is 24.1 Å². The Kier molecular flexibility index (Phi) is 5.32. The Hall–Kier alpha value is -0.900. The lowest BCUT2D eigenvalue weighted by Crippen LogP contribution is -2.22. The average Bonchev–Trinajstić information content (AvgIpc) is 2.27. The first kappa shape index (κ1) is 12.2. The summed E-state index contributed by atoms with van der Waals surface area (Å²) in [6.45, 7) is 4.18. The van der Waals surface area contributed by atoms with E-state index in [4.69, 9.17) is 14.6 Å². The third-order valence-corrected chi connectivity index (χ3v) is 2.01. The van der Waals surface area contributed by atoms with Crippen molar-refractivity contribution in [3.05, 3.63) is 35.9 Å². The maximum absolute atomic E-state index is 8.79. The first-order valence-corrected chi connectivity index (χ1v) is 5.14. The first-order valence-electron chi connectivity index (χ1n) is 5.14. The minimum Gasteiger partial charge on any atom is -0.394 e. The second-order valence-electron chi connectivity index (χ2n) is 3.49. The largest absolute Gasteiger partial charge is 0.394 e. The highest BCUT2D eigenvalue weighted by Crippen LogP contribution is 2.05. The fourth-order valence-electron chi connectivity index (χ4n) is 1.20. The second-order valence-corrected chi connectivity index (χ2v) is 3.49. The third-order valence-electron chi connectivity index (χ3n) is 2.01. The lowest BCUT2D eigenvalue weighted by molar-refractivity contribution is -0.169. The summed E-state index contributed by atoms with van der Waals surface area (Å²) in [6.07, 6.45) is -0.483. The van der Waals surface area contributed by atoms with Crippen LogP contribution in [0, 0.1) is 0 Å². The van der Waals surface area contributed by atoms with Crippen LogP contribution in [0.2, 0.25) is 0 Å². The van der Waals surface area contributed by atoms with Gasteiger partial charge in [0.1, 0.15) is 0 Å². The van der Waals surface area contributed by atoms with E-state index in [9.17, 15) is 0 Å². The van der Waals surface area contributed by atoms with Crippen molar-refractivity contribution in [1.82, 2.24) is 0 Å². The molecule has 3 nitrogen and oxygen atoms in total. The third kappa shape index (κ3) is 4.93. The predicted molar refractivity (Wildman–Crippen MR) is 58.3 cm³/mol. The molecule has 0 heterocycles. The molecule has 2 atom stereocenters. The molecule has 0 fully saturated rings. The van der Waals surface area contributed by atoms with Crippen molar-refractivity contribution >= 4 is 0 Å². The number of ether oxygens (including phenoxy) is 2. The Labute approximate surface area is 90.6 Å². The maximum atomic E-state index is 8.79. The van der Waals surface area contributed by atoms with Gasteiger partial charge >= 0.3 is 0 Å². The summed E-state index contributed by atoms with van der Waals surface area (Å²) in [5.74, 6) is 0. The van der Waals surface area contributed by atoms with Gasteiger partial charge in [0.05, 0.1) is 19.3 Å². The van der Waals surface area contributed by atoms with Crippen LogP contribution >= 0.6 is 0 Å². The van der Waals surface area contributed by atoms with E-state index in [0.717, 1.165) is 5.56 Å². The van der Waals surface area contributed by atoms with E-state index >= 15 is 0 Å². The summed E-state index contributed by atoms with van der Waals surface area (Å²) in [6, 6.07) is 9.92. The molecule has 15 heavy (non-hydrogen) atoms. The SMILES string of the molecule is CC(CO)OC(C)OCc1ccccc1. The van der Waals surface area contributed by atoms with Crippen LogP contribution in [0.3, 0.4) is 0 Å². The molecule has 0 aliphatic carbocycles. The molecule has 0 bridgehead atoms. The average molecular weight is 210 g/mol. The van der Waals surface area contributed by atoms with Crippen LogP contribution in [0.15, 0.2) is 30.3 Å². The van der Waals surface area contributed by atoms with E-state index in [1.165, 1.54) is 0 Å². The number of hydrogen-bond donors (Lipinski definition) is 1. The number of rotatable bonds is 6. The molecule has 0 saturated carbocycles. The van der Waals surface area contributed by atoms with Crippen molar-refractivity contribution in [2.24, 2.45) is 0 Å². The summed E-state index contributed by atoms with van der Waals surface area (Å²) in [5, 5.41) is 8.79. The van der Waals surface area contributed by atoms with E-state index in [-0.39, 0.29) is 19.0 Å². The van der Waals surface area contributed by atoms with Gasteiger partial charge in [0.25, 0.3) is 0 Å². The summed E-state index contributed by atoms with van der Waals surface area (Å²) < 4.78 is 10.8. The molecule has 0 aliphatic heterocycles. The summed E-state index contributed by atoms with van der Waals surface area (Å²) >= 11 is 0. The summed E-state index contributed by atoms with van der Waals surface area (Å²) in [7, 11) is 0. The van der Waals surface area contributed by atoms with Gasteiger partial charge in [-0.15, -0.1) is 0 Å². The topological polar surface area (TPSA) is 38.7 Å². The van der Waals surface area contributed by atoms with E-state index in [1.807, 2.05) is 44.2 Å². The molecule has 1 N–H and O–H groups in total. The van der Waals surface area contributed by atoms with Gasteiger partial charge in [-0.25, -0.2) is 0 Å². The van der Waals surface area contributed by atoms with Crippen LogP contribution in [-0.2, 0) is 16.1 Å². The lowest BCUT2D eigenvalue weighted by Gasteiger charge is -2.17. The molecule has 1 aromatic carbocycles. The standard InChI is InChI=1S/C12H18O3/c1-10(8-13)15-11(2)14-9-12-6-4-3-5-7-12/h3-7,10-11,13H,8-9H2,1-2H3. The van der Waals surface area contributed by atoms with Gasteiger partial charge in [0, 0.05) is 0 Å². The number of aliphatic hydroxyl groups is 1. The zero-order chi connectivity index (χ0) is 11.1. The van der Waals surface area contributed by atoms with Crippen molar-refractivity contribution in [3.8, 4) is 0 Å². The number of benzene rings is 1. The van der Waals surface area contributed by atoms with Gasteiger partial charge in [0.15, 0.2) is 6.29 Å². The van der Waals surface area contributed by atoms with Gasteiger partial charge in [-0.05, 0) is 19.4 Å². The number of hydrogen-bond acceptors (Lipinski definition) is 3. The van der Waals surface area contributed by atoms with E-state index in [1.54, 1.807) is 0 Å². The molecule has 0 aliphatic rings. The van der Waals surface area contributed by atoms with E-state index < -0.39 is 0 Å². The molecule has 3 heteroatoms. The first-order chi connectivity index (χ1) is 7.22. The molecule has 1 aromatic rings. The van der Waals surface area contributed by atoms with E-state index in [2.05, 4.69) is 0 Å². The molecule has 84 valence electrons. The van der Waals surface area contributed by atoms with Crippen molar-refractivity contribution in [2.45, 2.75) is 32.8 Å². The van der Waals surface area contributed by atoms with Crippen LogP contribution < -0.4 is 0 Å². The van der Waals surface area contributed by atoms with Crippen LogP contribution in [0.1, 0.15) is 19.4 Å². The highest BCUT2D eigenvalue weighted by atomic mass is 16.7. The van der Waals surface area contributed by atoms with Crippen molar-refractivity contribution in [2.75, 3.05) is 6.61 Å².